The molecule has 0 aromatic heterocycles. The average molecular weight is 295 g/mol. The number of halogens is 1. The van der Waals surface area contributed by atoms with Crippen molar-refractivity contribution in [3.8, 4) is 0 Å². The summed E-state index contributed by atoms with van der Waals surface area (Å²) in [6.07, 6.45) is 4.12. The monoisotopic (exact) mass is 294 g/mol. The third-order valence-corrected chi connectivity index (χ3v) is 5.17. The molecule has 1 heterocycles. The zero-order valence-electron chi connectivity index (χ0n) is 11.5. The summed E-state index contributed by atoms with van der Waals surface area (Å²) >= 11 is 2.02. The molecule has 1 aliphatic rings. The van der Waals surface area contributed by atoms with Crippen LogP contribution in [0.15, 0.2) is 0 Å². The summed E-state index contributed by atoms with van der Waals surface area (Å²) in [6.45, 7) is 5.38. The minimum absolute atomic E-state index is 0. The first-order valence-corrected chi connectivity index (χ1v) is 7.90. The Hall–Kier alpha value is 0.0700. The van der Waals surface area contributed by atoms with Crippen molar-refractivity contribution in [3.05, 3.63) is 0 Å². The first-order chi connectivity index (χ1) is 8.18. The Kier molecular flexibility index (Phi) is 9.09. The molecule has 0 unspecified atom stereocenters. The quantitative estimate of drug-likeness (QED) is 0.791. The Balaban J connectivity index is 0.00000289. The summed E-state index contributed by atoms with van der Waals surface area (Å²) in [5, 5.41) is 3.12. The van der Waals surface area contributed by atoms with Gasteiger partial charge in [-0.05, 0) is 43.1 Å². The Labute approximate surface area is 121 Å². The second-order valence-corrected chi connectivity index (χ2v) is 6.18. The van der Waals surface area contributed by atoms with Gasteiger partial charge in [-0.2, -0.15) is 11.8 Å². The highest BCUT2D eigenvalue weighted by atomic mass is 35.5. The van der Waals surface area contributed by atoms with Crippen LogP contribution >= 0.6 is 24.2 Å². The fourth-order valence-corrected chi connectivity index (χ4v) is 3.53. The smallest absolute Gasteiger partial charge is 0.227 e. The maximum absolute atomic E-state index is 12.2. The van der Waals surface area contributed by atoms with E-state index in [0.29, 0.717) is 12.5 Å². The number of carbonyl (C=O) groups is 1. The van der Waals surface area contributed by atoms with Gasteiger partial charge in [0.15, 0.2) is 0 Å². The van der Waals surface area contributed by atoms with E-state index >= 15 is 0 Å². The van der Waals surface area contributed by atoms with E-state index in [-0.39, 0.29) is 23.7 Å². The van der Waals surface area contributed by atoms with Gasteiger partial charge < -0.3 is 11.1 Å². The van der Waals surface area contributed by atoms with Gasteiger partial charge in [-0.1, -0.05) is 13.8 Å². The van der Waals surface area contributed by atoms with Gasteiger partial charge in [0.2, 0.25) is 5.91 Å². The minimum Gasteiger partial charge on any atom is -0.355 e. The van der Waals surface area contributed by atoms with E-state index < -0.39 is 0 Å². The van der Waals surface area contributed by atoms with Gasteiger partial charge in [0, 0.05) is 13.1 Å². The van der Waals surface area contributed by atoms with Crippen LogP contribution in [0, 0.1) is 11.3 Å². The Morgan fingerprint density at radius 3 is 2.33 bits per heavy atom. The molecule has 0 saturated carbocycles. The normalized spacial score (nSPS) is 17.1. The molecule has 1 rings (SSSR count). The largest absolute Gasteiger partial charge is 0.355 e. The Morgan fingerprint density at radius 1 is 1.33 bits per heavy atom. The van der Waals surface area contributed by atoms with Crippen molar-refractivity contribution in [1.82, 2.24) is 5.32 Å². The molecule has 0 radical (unpaired) electrons. The summed E-state index contributed by atoms with van der Waals surface area (Å²) in [5.74, 6) is 3.31. The van der Waals surface area contributed by atoms with E-state index in [9.17, 15) is 4.79 Å². The third kappa shape index (κ3) is 4.63. The highest BCUT2D eigenvalue weighted by molar-refractivity contribution is 7.99. The Morgan fingerprint density at radius 2 is 1.89 bits per heavy atom. The molecule has 1 fully saturated rings. The molecule has 0 bridgehead atoms. The molecule has 0 aliphatic carbocycles. The molecule has 108 valence electrons. The molecule has 0 spiro atoms. The molecule has 3 nitrogen and oxygen atoms in total. The molecule has 1 amide bonds. The molecule has 18 heavy (non-hydrogen) atoms. The molecule has 5 heteroatoms. The average Bonchev–Trinajstić information content (AvgIpc) is 2.40. The number of thioether (sulfide) groups is 1. The molecule has 1 saturated heterocycles. The summed E-state index contributed by atoms with van der Waals surface area (Å²) in [4.78, 5) is 12.2. The fraction of sp³-hybridized carbons (Fsp3) is 0.923. The van der Waals surface area contributed by atoms with Crippen molar-refractivity contribution >= 4 is 30.1 Å². The first-order valence-electron chi connectivity index (χ1n) is 6.74. The number of carbonyl (C=O) groups excluding carboxylic acids is 1. The van der Waals surface area contributed by atoms with E-state index in [2.05, 4.69) is 5.32 Å². The van der Waals surface area contributed by atoms with E-state index in [1.807, 2.05) is 25.6 Å². The van der Waals surface area contributed by atoms with Crippen LogP contribution in [-0.4, -0.2) is 30.5 Å². The van der Waals surface area contributed by atoms with Crippen LogP contribution in [0.2, 0.25) is 0 Å². The maximum Gasteiger partial charge on any atom is 0.227 e. The number of nitrogens with two attached hydrogens (primary N) is 1. The topological polar surface area (TPSA) is 55.1 Å². The molecule has 1 aliphatic heterocycles. The van der Waals surface area contributed by atoms with Gasteiger partial charge in [-0.25, -0.2) is 0 Å². The number of nitrogens with one attached hydrogen (secondary N) is 1. The van der Waals surface area contributed by atoms with E-state index in [0.717, 1.165) is 19.4 Å². The second-order valence-electron chi connectivity index (χ2n) is 4.96. The molecular formula is C13H27ClN2OS. The van der Waals surface area contributed by atoms with Crippen LogP contribution < -0.4 is 11.1 Å². The van der Waals surface area contributed by atoms with Gasteiger partial charge in [0.25, 0.3) is 0 Å². The van der Waals surface area contributed by atoms with Crippen LogP contribution in [0.1, 0.15) is 39.5 Å². The number of hydrogen-bond donors (Lipinski definition) is 2. The molecule has 0 aromatic carbocycles. The van der Waals surface area contributed by atoms with Crippen molar-refractivity contribution in [1.29, 1.82) is 0 Å². The van der Waals surface area contributed by atoms with Crippen LogP contribution in [0.4, 0.5) is 0 Å². The SMILES string of the molecule is CCC(CC)(CN)C(=O)NCC1CCSCC1.Cl. The van der Waals surface area contributed by atoms with E-state index in [4.69, 9.17) is 5.73 Å². The van der Waals surface area contributed by atoms with Gasteiger partial charge >= 0.3 is 0 Å². The van der Waals surface area contributed by atoms with Crippen molar-refractivity contribution in [2.75, 3.05) is 24.6 Å². The summed E-state index contributed by atoms with van der Waals surface area (Å²) < 4.78 is 0. The minimum atomic E-state index is -0.344. The lowest BCUT2D eigenvalue weighted by atomic mass is 9.81. The Bertz CT molecular complexity index is 233. The fourth-order valence-electron chi connectivity index (χ4n) is 2.33. The van der Waals surface area contributed by atoms with Crippen molar-refractivity contribution in [2.45, 2.75) is 39.5 Å². The zero-order valence-corrected chi connectivity index (χ0v) is 13.2. The highest BCUT2D eigenvalue weighted by Crippen LogP contribution is 2.26. The molecule has 0 atom stereocenters. The second kappa shape index (κ2) is 9.05. The number of hydrogen-bond acceptors (Lipinski definition) is 3. The number of amides is 1. The van der Waals surface area contributed by atoms with Crippen molar-refractivity contribution < 1.29 is 4.79 Å². The van der Waals surface area contributed by atoms with Crippen LogP contribution in [0.3, 0.4) is 0 Å². The number of rotatable bonds is 6. The lowest BCUT2D eigenvalue weighted by molar-refractivity contribution is -0.131. The van der Waals surface area contributed by atoms with Crippen LogP contribution in [0.25, 0.3) is 0 Å². The summed E-state index contributed by atoms with van der Waals surface area (Å²) in [5.41, 5.74) is 5.43. The zero-order chi connectivity index (χ0) is 12.7. The van der Waals surface area contributed by atoms with E-state index in [1.54, 1.807) is 0 Å². The van der Waals surface area contributed by atoms with Gasteiger partial charge in [-0.3, -0.25) is 4.79 Å². The van der Waals surface area contributed by atoms with Gasteiger partial charge in [0.05, 0.1) is 5.41 Å². The predicted octanol–water partition coefficient (Wildman–Crippen LogP) is 2.43. The van der Waals surface area contributed by atoms with Gasteiger partial charge in [-0.15, -0.1) is 12.4 Å². The van der Waals surface area contributed by atoms with Crippen molar-refractivity contribution in [3.63, 3.8) is 0 Å². The van der Waals surface area contributed by atoms with Crippen LogP contribution in [-0.2, 0) is 4.79 Å². The highest BCUT2D eigenvalue weighted by Gasteiger charge is 2.33. The van der Waals surface area contributed by atoms with E-state index in [1.165, 1.54) is 24.3 Å². The molecule has 0 aromatic rings. The molecule has 3 N–H and O–H groups in total. The van der Waals surface area contributed by atoms with Crippen molar-refractivity contribution in [2.24, 2.45) is 17.1 Å². The maximum atomic E-state index is 12.2. The lowest BCUT2D eigenvalue weighted by Crippen LogP contribution is -2.46. The standard InChI is InChI=1S/C13H26N2OS.ClH/c1-3-13(4-2,10-14)12(16)15-9-11-5-7-17-8-6-11;/h11H,3-10,14H2,1-2H3,(H,15,16);1H. The predicted molar refractivity (Wildman–Crippen MR) is 82.4 cm³/mol. The third-order valence-electron chi connectivity index (χ3n) is 4.12. The summed E-state index contributed by atoms with van der Waals surface area (Å²) in [7, 11) is 0. The van der Waals surface area contributed by atoms with Gasteiger partial charge in [0.1, 0.15) is 0 Å². The first kappa shape index (κ1) is 18.1. The molecular weight excluding hydrogens is 268 g/mol. The lowest BCUT2D eigenvalue weighted by Gasteiger charge is -2.30. The summed E-state index contributed by atoms with van der Waals surface area (Å²) in [6, 6.07) is 0. The van der Waals surface area contributed by atoms with Crippen LogP contribution in [0.5, 0.6) is 0 Å².